The maximum Gasteiger partial charge on any atom is 0.452 e. The van der Waals surface area contributed by atoms with Crippen molar-refractivity contribution >= 4 is 17.2 Å². The van der Waals surface area contributed by atoms with Crippen LogP contribution in [0.1, 0.15) is 21.7 Å². The Morgan fingerprint density at radius 2 is 1.83 bits per heavy atom. The van der Waals surface area contributed by atoms with Crippen molar-refractivity contribution in [2.75, 3.05) is 5.32 Å². The average molecular weight is 413 g/mol. The van der Waals surface area contributed by atoms with Crippen molar-refractivity contribution in [3.63, 3.8) is 0 Å². The first kappa shape index (κ1) is 19.4. The van der Waals surface area contributed by atoms with E-state index in [0.717, 1.165) is 16.2 Å². The van der Waals surface area contributed by atoms with E-state index in [9.17, 15) is 18.0 Å². The Morgan fingerprint density at radius 3 is 2.50 bits per heavy atom. The molecule has 1 aromatic carbocycles. The summed E-state index contributed by atoms with van der Waals surface area (Å²) in [4.78, 5) is 16.6. The number of alkyl halides is 3. The molecule has 3 aromatic heterocycles. The molecule has 7 nitrogen and oxygen atoms in total. The summed E-state index contributed by atoms with van der Waals surface area (Å²) in [6.07, 6.45) is -2.13. The van der Waals surface area contributed by atoms with Crippen LogP contribution < -0.4 is 10.1 Å². The van der Waals surface area contributed by atoms with E-state index in [2.05, 4.69) is 20.5 Å². The highest BCUT2D eigenvalue weighted by molar-refractivity contribution is 6.04. The van der Waals surface area contributed by atoms with Gasteiger partial charge < -0.3 is 10.1 Å². The third kappa shape index (κ3) is 4.07. The molecular weight excluding hydrogens is 399 g/mol. The second kappa shape index (κ2) is 7.47. The standard InChI is InChI=1S/C20H14F3N5O2/c1-12-2-5-15(6-3-12)30-17-7-4-14(11-24-17)25-18(29)13-8-9-28-16(10-13)26-27-19(28)20(21,22)23/h2-11H,1H3,(H,25,29). The highest BCUT2D eigenvalue weighted by Crippen LogP contribution is 2.28. The Kier molecular flexibility index (Phi) is 4.82. The lowest BCUT2D eigenvalue weighted by molar-refractivity contribution is -0.145. The molecule has 10 heteroatoms. The van der Waals surface area contributed by atoms with E-state index in [1.165, 1.54) is 18.3 Å². The molecule has 0 aliphatic heterocycles. The maximum absolute atomic E-state index is 12.9. The third-order valence-electron chi connectivity index (χ3n) is 4.16. The molecule has 0 spiro atoms. The first-order valence-electron chi connectivity index (χ1n) is 8.73. The zero-order chi connectivity index (χ0) is 21.3. The fourth-order valence-corrected chi connectivity index (χ4v) is 2.67. The molecule has 152 valence electrons. The summed E-state index contributed by atoms with van der Waals surface area (Å²) in [7, 11) is 0. The van der Waals surface area contributed by atoms with Crippen LogP contribution in [0.2, 0.25) is 0 Å². The van der Waals surface area contributed by atoms with E-state index in [4.69, 9.17) is 4.74 Å². The van der Waals surface area contributed by atoms with E-state index in [-0.39, 0.29) is 11.2 Å². The topological polar surface area (TPSA) is 81.4 Å². The summed E-state index contributed by atoms with van der Waals surface area (Å²) >= 11 is 0. The SMILES string of the molecule is Cc1ccc(Oc2ccc(NC(=O)c3ccn4c(C(F)(F)F)nnc4c3)cn2)cc1. The molecule has 0 atom stereocenters. The zero-order valence-electron chi connectivity index (χ0n) is 15.5. The number of aryl methyl sites for hydroxylation is 1. The maximum atomic E-state index is 12.9. The van der Waals surface area contributed by atoms with Gasteiger partial charge in [0.15, 0.2) is 5.65 Å². The van der Waals surface area contributed by atoms with Crippen molar-refractivity contribution in [1.82, 2.24) is 19.6 Å². The number of fused-ring (bicyclic) bond motifs is 1. The Bertz CT molecular complexity index is 1200. The van der Waals surface area contributed by atoms with Gasteiger partial charge in [0.2, 0.25) is 11.7 Å². The number of halogens is 3. The van der Waals surface area contributed by atoms with Gasteiger partial charge in [0.05, 0.1) is 11.9 Å². The Labute approximate surface area is 168 Å². The molecule has 3 heterocycles. The number of rotatable bonds is 4. The summed E-state index contributed by atoms with van der Waals surface area (Å²) in [5, 5.41) is 9.23. The summed E-state index contributed by atoms with van der Waals surface area (Å²) in [5.41, 5.74) is 1.54. The van der Waals surface area contributed by atoms with Crippen LogP contribution in [0.3, 0.4) is 0 Å². The van der Waals surface area contributed by atoms with Gasteiger partial charge in [-0.05, 0) is 37.3 Å². The van der Waals surface area contributed by atoms with Gasteiger partial charge in [0, 0.05) is 17.8 Å². The van der Waals surface area contributed by atoms with Crippen LogP contribution in [0.15, 0.2) is 60.9 Å². The van der Waals surface area contributed by atoms with Gasteiger partial charge in [0.25, 0.3) is 5.91 Å². The molecule has 0 unspecified atom stereocenters. The molecule has 4 rings (SSSR count). The number of aromatic nitrogens is 4. The van der Waals surface area contributed by atoms with Crippen LogP contribution in [0.4, 0.5) is 18.9 Å². The number of nitrogens with zero attached hydrogens (tertiary/aromatic N) is 4. The van der Waals surface area contributed by atoms with Crippen LogP contribution >= 0.6 is 0 Å². The lowest BCUT2D eigenvalue weighted by atomic mass is 10.2. The fourth-order valence-electron chi connectivity index (χ4n) is 2.67. The number of carbonyl (C=O) groups excluding carboxylic acids is 1. The number of hydrogen-bond acceptors (Lipinski definition) is 5. The van der Waals surface area contributed by atoms with Gasteiger partial charge in [-0.2, -0.15) is 13.2 Å². The zero-order valence-corrected chi connectivity index (χ0v) is 15.5. The second-order valence-corrected chi connectivity index (χ2v) is 6.42. The lowest BCUT2D eigenvalue weighted by Crippen LogP contribution is -2.13. The van der Waals surface area contributed by atoms with E-state index in [1.54, 1.807) is 12.1 Å². The molecule has 0 aliphatic rings. The summed E-state index contributed by atoms with van der Waals surface area (Å²) in [5.74, 6) is -0.702. The number of amides is 1. The molecule has 0 saturated carbocycles. The lowest BCUT2D eigenvalue weighted by Gasteiger charge is -2.08. The van der Waals surface area contributed by atoms with Gasteiger partial charge >= 0.3 is 6.18 Å². The molecule has 0 bridgehead atoms. The molecule has 1 N–H and O–H groups in total. The van der Waals surface area contributed by atoms with Crippen LogP contribution in [0.5, 0.6) is 11.6 Å². The molecular formula is C20H14F3N5O2. The van der Waals surface area contributed by atoms with Crippen molar-refractivity contribution in [2.45, 2.75) is 13.1 Å². The molecule has 0 radical (unpaired) electrons. The van der Waals surface area contributed by atoms with Crippen molar-refractivity contribution < 1.29 is 22.7 Å². The minimum absolute atomic E-state index is 0.0880. The van der Waals surface area contributed by atoms with Gasteiger partial charge in [0.1, 0.15) is 5.75 Å². The number of ether oxygens (including phenoxy) is 1. The summed E-state index contributed by atoms with van der Waals surface area (Å²) < 4.78 is 45.0. The molecule has 4 aromatic rings. The van der Waals surface area contributed by atoms with Crippen LogP contribution in [0, 0.1) is 6.92 Å². The minimum Gasteiger partial charge on any atom is -0.439 e. The van der Waals surface area contributed by atoms with Crippen LogP contribution in [-0.4, -0.2) is 25.5 Å². The number of benzene rings is 1. The van der Waals surface area contributed by atoms with Crippen molar-refractivity contribution in [3.8, 4) is 11.6 Å². The van der Waals surface area contributed by atoms with Gasteiger partial charge in [-0.15, -0.1) is 10.2 Å². The molecule has 0 fully saturated rings. The average Bonchev–Trinajstić information content (AvgIpc) is 3.15. The first-order chi connectivity index (χ1) is 14.3. The molecule has 0 saturated heterocycles. The Hall–Kier alpha value is -3.95. The molecule has 0 aliphatic carbocycles. The number of carbonyl (C=O) groups is 1. The van der Waals surface area contributed by atoms with E-state index >= 15 is 0 Å². The number of anilines is 1. The summed E-state index contributed by atoms with van der Waals surface area (Å²) in [6, 6.07) is 13.1. The summed E-state index contributed by atoms with van der Waals surface area (Å²) in [6.45, 7) is 1.97. The molecule has 1 amide bonds. The predicted molar refractivity (Wildman–Crippen MR) is 101 cm³/mol. The normalized spacial score (nSPS) is 11.5. The van der Waals surface area contributed by atoms with Gasteiger partial charge in [-0.25, -0.2) is 4.98 Å². The van der Waals surface area contributed by atoms with E-state index < -0.39 is 17.9 Å². The highest BCUT2D eigenvalue weighted by Gasteiger charge is 2.36. The highest BCUT2D eigenvalue weighted by atomic mass is 19.4. The number of hydrogen-bond donors (Lipinski definition) is 1. The number of pyridine rings is 2. The third-order valence-corrected chi connectivity index (χ3v) is 4.16. The van der Waals surface area contributed by atoms with Gasteiger partial charge in [-0.1, -0.05) is 17.7 Å². The van der Waals surface area contributed by atoms with Crippen LogP contribution in [-0.2, 0) is 6.18 Å². The van der Waals surface area contributed by atoms with Crippen molar-refractivity contribution in [1.29, 1.82) is 0 Å². The van der Waals surface area contributed by atoms with Gasteiger partial charge in [-0.3, -0.25) is 9.20 Å². The second-order valence-electron chi connectivity index (χ2n) is 6.42. The van der Waals surface area contributed by atoms with Crippen molar-refractivity contribution in [3.05, 3.63) is 77.9 Å². The molecule has 30 heavy (non-hydrogen) atoms. The first-order valence-corrected chi connectivity index (χ1v) is 8.73. The fraction of sp³-hybridized carbons (Fsp3) is 0.100. The Morgan fingerprint density at radius 1 is 1.07 bits per heavy atom. The monoisotopic (exact) mass is 413 g/mol. The number of nitrogens with one attached hydrogen (secondary N) is 1. The van der Waals surface area contributed by atoms with E-state index in [1.807, 2.05) is 31.2 Å². The predicted octanol–water partition coefficient (Wildman–Crippen LogP) is 4.50. The quantitative estimate of drug-likeness (QED) is 0.533. The smallest absolute Gasteiger partial charge is 0.439 e. The van der Waals surface area contributed by atoms with Crippen LogP contribution in [0.25, 0.3) is 5.65 Å². The van der Waals surface area contributed by atoms with E-state index in [0.29, 0.717) is 17.3 Å². The Balaban J connectivity index is 1.46. The largest absolute Gasteiger partial charge is 0.452 e. The minimum atomic E-state index is -4.64. The van der Waals surface area contributed by atoms with Crippen molar-refractivity contribution in [2.24, 2.45) is 0 Å².